The number of urea groups is 1. The number of carbonyl (C=O) groups excluding carboxylic acids is 2. The molecule has 2 amide bonds. The molecule has 3 N–H and O–H groups in total. The van der Waals surface area contributed by atoms with E-state index in [-0.39, 0.29) is 42.8 Å². The molecule has 5 atom stereocenters. The number of amides is 2. The van der Waals surface area contributed by atoms with E-state index in [9.17, 15) is 14.7 Å². The van der Waals surface area contributed by atoms with Crippen molar-refractivity contribution in [2.75, 3.05) is 19.6 Å². The van der Waals surface area contributed by atoms with Gasteiger partial charge in [0, 0.05) is 31.1 Å². The third kappa shape index (κ3) is 8.78. The van der Waals surface area contributed by atoms with Gasteiger partial charge in [-0.2, -0.15) is 0 Å². The molecule has 0 radical (unpaired) electrons. The van der Waals surface area contributed by atoms with E-state index in [2.05, 4.69) is 40.7 Å². The van der Waals surface area contributed by atoms with Gasteiger partial charge < -0.3 is 30.0 Å². The van der Waals surface area contributed by atoms with Crippen LogP contribution in [-0.2, 0) is 32.2 Å². The van der Waals surface area contributed by atoms with Gasteiger partial charge in [-0.05, 0) is 74.9 Å². The smallest absolute Gasteiger partial charge is 0.323 e. The number of hydrogen-bond acceptors (Lipinski definition) is 7. The molecule has 2 aliphatic heterocycles. The molecule has 0 bridgehead atoms. The number of nitrogens with zero attached hydrogens (tertiary/aromatic N) is 1. The molecule has 252 valence electrons. The summed E-state index contributed by atoms with van der Waals surface area (Å²) in [4.78, 5) is 27.4. The minimum atomic E-state index is -0.620. The highest BCUT2D eigenvalue weighted by Gasteiger charge is 2.42. The summed E-state index contributed by atoms with van der Waals surface area (Å²) < 4.78 is 19.2. The monoisotopic (exact) mass is 643 g/mol. The van der Waals surface area contributed by atoms with Gasteiger partial charge in [-0.1, -0.05) is 79.7 Å². The molecule has 5 unspecified atom stereocenters. The van der Waals surface area contributed by atoms with Crippen LogP contribution in [0.25, 0.3) is 11.1 Å². The van der Waals surface area contributed by atoms with Crippen LogP contribution in [0.4, 0.5) is 4.79 Å². The summed E-state index contributed by atoms with van der Waals surface area (Å²) in [6.07, 6.45) is 0.613. The molecule has 2 heterocycles. The molecule has 9 heteroatoms. The van der Waals surface area contributed by atoms with E-state index in [1.54, 1.807) is 0 Å². The maximum atomic E-state index is 13.1. The molecular formula is C38H49N3O6. The molecule has 0 aliphatic carbocycles. The predicted octanol–water partition coefficient (Wildman–Crippen LogP) is 6.26. The van der Waals surface area contributed by atoms with E-state index >= 15 is 0 Å². The van der Waals surface area contributed by atoms with Gasteiger partial charge in [-0.3, -0.25) is 9.69 Å². The Morgan fingerprint density at radius 1 is 0.957 bits per heavy atom. The van der Waals surface area contributed by atoms with Crippen LogP contribution in [0.3, 0.4) is 0 Å². The first-order chi connectivity index (χ1) is 22.6. The van der Waals surface area contributed by atoms with Crippen molar-refractivity contribution in [3.05, 3.63) is 95.1 Å². The summed E-state index contributed by atoms with van der Waals surface area (Å²) in [7, 11) is 0. The van der Waals surface area contributed by atoms with E-state index in [0.29, 0.717) is 19.6 Å². The van der Waals surface area contributed by atoms with Crippen molar-refractivity contribution in [1.82, 2.24) is 15.5 Å². The highest BCUT2D eigenvalue weighted by atomic mass is 16.7. The number of likely N-dealkylation sites (tertiary alicyclic amines) is 1. The van der Waals surface area contributed by atoms with Crippen LogP contribution in [0.1, 0.15) is 82.1 Å². The van der Waals surface area contributed by atoms with Gasteiger partial charge in [0.05, 0.1) is 18.8 Å². The van der Waals surface area contributed by atoms with E-state index in [1.165, 1.54) is 0 Å². The highest BCUT2D eigenvalue weighted by molar-refractivity contribution is 5.76. The maximum absolute atomic E-state index is 13.1. The number of benzene rings is 3. The Bertz CT molecular complexity index is 1490. The Morgan fingerprint density at radius 2 is 1.66 bits per heavy atom. The summed E-state index contributed by atoms with van der Waals surface area (Å²) in [6, 6.07) is 23.6. The fourth-order valence-corrected chi connectivity index (χ4v) is 6.42. The first-order valence-corrected chi connectivity index (χ1v) is 16.7. The van der Waals surface area contributed by atoms with Crippen LogP contribution >= 0.6 is 0 Å². The number of aliphatic hydroxyl groups excluding tert-OH is 1. The molecule has 0 saturated carbocycles. The summed E-state index contributed by atoms with van der Waals surface area (Å²) in [6.45, 7) is 12.1. The van der Waals surface area contributed by atoms with Crippen molar-refractivity contribution in [1.29, 1.82) is 0 Å². The van der Waals surface area contributed by atoms with Gasteiger partial charge in [-0.15, -0.1) is 0 Å². The zero-order valence-electron chi connectivity index (χ0n) is 28.2. The number of nitrogens with one attached hydrogen (secondary N) is 2. The molecule has 2 fully saturated rings. The lowest BCUT2D eigenvalue weighted by Gasteiger charge is -2.43. The van der Waals surface area contributed by atoms with Crippen molar-refractivity contribution in [3.8, 4) is 11.1 Å². The van der Waals surface area contributed by atoms with E-state index in [0.717, 1.165) is 52.8 Å². The fraction of sp³-hybridized carbons (Fsp3) is 0.474. The Labute approximate surface area is 278 Å². The lowest BCUT2D eigenvalue weighted by molar-refractivity contribution is -0.276. The fourth-order valence-electron chi connectivity index (χ4n) is 6.42. The summed E-state index contributed by atoms with van der Waals surface area (Å²) in [5, 5.41) is 15.3. The Morgan fingerprint density at radius 3 is 2.34 bits per heavy atom. The first-order valence-electron chi connectivity index (χ1n) is 16.7. The average Bonchev–Trinajstić information content (AvgIpc) is 3.53. The van der Waals surface area contributed by atoms with Crippen molar-refractivity contribution >= 4 is 12.0 Å². The van der Waals surface area contributed by atoms with Crippen molar-refractivity contribution in [2.24, 2.45) is 5.92 Å². The van der Waals surface area contributed by atoms with Gasteiger partial charge in [0.15, 0.2) is 6.29 Å². The quantitative estimate of drug-likeness (QED) is 0.224. The molecule has 0 aromatic heterocycles. The van der Waals surface area contributed by atoms with Gasteiger partial charge in [-0.25, -0.2) is 4.79 Å². The average molecular weight is 644 g/mol. The SMILES string of the molecule is CCNC(=O)NCc1ccccc1-c1ccc(C2OC(CN3CCCC3C(=O)OC(C)(C)C)C(C)C(c3ccc(CO)cc3)O2)cc1. The normalized spacial score (nSPS) is 23.3. The largest absolute Gasteiger partial charge is 0.459 e. The maximum Gasteiger partial charge on any atom is 0.323 e. The molecule has 2 saturated heterocycles. The van der Waals surface area contributed by atoms with E-state index < -0.39 is 11.9 Å². The second-order valence-electron chi connectivity index (χ2n) is 13.5. The zero-order valence-corrected chi connectivity index (χ0v) is 28.2. The second kappa shape index (κ2) is 15.4. The van der Waals surface area contributed by atoms with Gasteiger partial charge in [0.2, 0.25) is 0 Å². The molecule has 2 aliphatic rings. The number of carbonyl (C=O) groups is 2. The Hall–Kier alpha value is -3.76. The van der Waals surface area contributed by atoms with Crippen LogP contribution in [0.5, 0.6) is 0 Å². The first kappa shape index (κ1) is 34.6. The molecular weight excluding hydrogens is 594 g/mol. The second-order valence-corrected chi connectivity index (χ2v) is 13.5. The summed E-state index contributed by atoms with van der Waals surface area (Å²) >= 11 is 0. The van der Waals surface area contributed by atoms with Crippen LogP contribution < -0.4 is 10.6 Å². The van der Waals surface area contributed by atoms with Gasteiger partial charge >= 0.3 is 12.0 Å². The Kier molecular flexibility index (Phi) is 11.3. The number of esters is 1. The van der Waals surface area contributed by atoms with E-state index in [4.69, 9.17) is 14.2 Å². The van der Waals surface area contributed by atoms with Crippen LogP contribution in [0.2, 0.25) is 0 Å². The number of hydrogen-bond donors (Lipinski definition) is 3. The van der Waals surface area contributed by atoms with Crippen molar-refractivity contribution in [3.63, 3.8) is 0 Å². The third-order valence-electron chi connectivity index (χ3n) is 8.87. The van der Waals surface area contributed by atoms with Crippen molar-refractivity contribution in [2.45, 2.75) is 90.8 Å². The van der Waals surface area contributed by atoms with Crippen molar-refractivity contribution < 1.29 is 28.9 Å². The number of aliphatic hydroxyl groups is 1. The van der Waals surface area contributed by atoms with Gasteiger partial charge in [0.25, 0.3) is 0 Å². The molecule has 3 aromatic rings. The summed E-state index contributed by atoms with van der Waals surface area (Å²) in [5.74, 6) is -0.186. The van der Waals surface area contributed by atoms with Crippen LogP contribution in [-0.4, -0.2) is 59.4 Å². The summed E-state index contributed by atoms with van der Waals surface area (Å²) in [5.41, 5.74) is 5.29. The van der Waals surface area contributed by atoms with E-state index in [1.807, 2.05) is 82.3 Å². The Balaban J connectivity index is 1.38. The van der Waals surface area contributed by atoms with Gasteiger partial charge in [0.1, 0.15) is 11.6 Å². The molecule has 3 aromatic carbocycles. The third-order valence-corrected chi connectivity index (χ3v) is 8.87. The zero-order chi connectivity index (χ0) is 33.6. The lowest BCUT2D eigenvalue weighted by Crippen LogP contribution is -2.48. The molecule has 0 spiro atoms. The number of rotatable bonds is 10. The lowest BCUT2D eigenvalue weighted by atomic mass is 9.89. The minimum absolute atomic E-state index is 0.00493. The molecule has 47 heavy (non-hydrogen) atoms. The topological polar surface area (TPSA) is 109 Å². The molecule has 9 nitrogen and oxygen atoms in total. The van der Waals surface area contributed by atoms with Crippen LogP contribution in [0, 0.1) is 5.92 Å². The number of ether oxygens (including phenoxy) is 3. The standard InChI is InChI=1S/C38H49N3O6/c1-6-39-37(44)40-22-30-10-7-8-11-31(30)27-17-19-29(20-18-27)36-45-33(23-41-21-9-12-32(41)35(43)47-38(3,4)5)25(2)34(46-36)28-15-13-26(24-42)14-16-28/h7-8,10-11,13-20,25,32-34,36,42H,6,9,12,21-24H2,1-5H3,(H2,39,40,44). The molecule has 5 rings (SSSR count). The predicted molar refractivity (Wildman–Crippen MR) is 181 cm³/mol. The highest BCUT2D eigenvalue weighted by Crippen LogP contribution is 2.42. The minimum Gasteiger partial charge on any atom is -0.459 e. The van der Waals surface area contributed by atoms with Crippen LogP contribution in [0.15, 0.2) is 72.8 Å².